The van der Waals surface area contributed by atoms with Crippen LogP contribution >= 0.6 is 0 Å². The lowest BCUT2D eigenvalue weighted by Gasteiger charge is -2.27. The number of esters is 1. The van der Waals surface area contributed by atoms with E-state index in [1.165, 1.54) is 11.1 Å². The maximum Gasteiger partial charge on any atom is 0.350 e. The van der Waals surface area contributed by atoms with Crippen molar-refractivity contribution in [3.63, 3.8) is 0 Å². The minimum absolute atomic E-state index is 0.0825. The average Bonchev–Trinajstić information content (AvgIpc) is 3.42. The van der Waals surface area contributed by atoms with Crippen molar-refractivity contribution in [1.29, 1.82) is 0 Å². The molecule has 0 spiro atoms. The highest BCUT2D eigenvalue weighted by molar-refractivity contribution is 5.69. The Hall–Kier alpha value is -2.86. The first-order valence-corrected chi connectivity index (χ1v) is 14.4. The fourth-order valence-electron chi connectivity index (χ4n) is 4.98. The molecule has 2 aliphatic heterocycles. The van der Waals surface area contributed by atoms with Crippen molar-refractivity contribution in [3.8, 4) is 0 Å². The van der Waals surface area contributed by atoms with E-state index < -0.39 is 41.6 Å². The summed E-state index contributed by atoms with van der Waals surface area (Å²) in [7, 11) is 0. The molecule has 0 radical (unpaired) electrons. The highest BCUT2D eigenvalue weighted by Gasteiger charge is 2.57. The Morgan fingerprint density at radius 1 is 1.05 bits per heavy atom. The SMILES string of the molecule is CCOC(=O)CC[C@]1(C)O[C@@H]2[C@H](O1)C(n1ncc(=O)n(C/C=C(\C)CC/C=C(\C)CCC=C(C)C)c1=O)O[C@@H]2CO. The molecule has 2 fully saturated rings. The first-order valence-electron chi connectivity index (χ1n) is 14.4. The van der Waals surface area contributed by atoms with Gasteiger partial charge in [0.05, 0.1) is 19.6 Å². The highest BCUT2D eigenvalue weighted by Crippen LogP contribution is 2.44. The van der Waals surface area contributed by atoms with Crippen molar-refractivity contribution in [1.82, 2.24) is 14.3 Å². The van der Waals surface area contributed by atoms with Gasteiger partial charge >= 0.3 is 11.7 Å². The molecule has 1 unspecified atom stereocenters. The second-order valence-corrected chi connectivity index (χ2v) is 11.1. The van der Waals surface area contributed by atoms with Gasteiger partial charge in [-0.3, -0.25) is 14.2 Å². The predicted octanol–water partition coefficient (Wildman–Crippen LogP) is 3.56. The van der Waals surface area contributed by atoms with Crippen LogP contribution in [0.15, 0.2) is 50.7 Å². The average molecular weight is 576 g/mol. The summed E-state index contributed by atoms with van der Waals surface area (Å²) in [6.45, 7) is 11.7. The maximum absolute atomic E-state index is 13.4. The van der Waals surface area contributed by atoms with E-state index in [4.69, 9.17) is 18.9 Å². The minimum atomic E-state index is -1.14. The van der Waals surface area contributed by atoms with Crippen LogP contribution in [0.1, 0.15) is 86.3 Å². The Balaban J connectivity index is 1.70. The summed E-state index contributed by atoms with van der Waals surface area (Å²) in [5.74, 6) is -1.52. The van der Waals surface area contributed by atoms with Crippen LogP contribution in [0.5, 0.6) is 0 Å². The molecule has 3 rings (SSSR count). The zero-order chi connectivity index (χ0) is 30.2. The summed E-state index contributed by atoms with van der Waals surface area (Å²) in [6, 6.07) is 0. The van der Waals surface area contributed by atoms with Gasteiger partial charge < -0.3 is 24.1 Å². The topological polar surface area (TPSA) is 131 Å². The Kier molecular flexibility index (Phi) is 11.8. The van der Waals surface area contributed by atoms with Gasteiger partial charge in [-0.15, -0.1) is 0 Å². The van der Waals surface area contributed by atoms with E-state index in [-0.39, 0.29) is 38.6 Å². The zero-order valence-electron chi connectivity index (χ0n) is 25.1. The summed E-state index contributed by atoms with van der Waals surface area (Å²) in [4.78, 5) is 37.9. The van der Waals surface area contributed by atoms with Gasteiger partial charge in [0.2, 0.25) is 0 Å². The van der Waals surface area contributed by atoms with E-state index in [0.29, 0.717) is 0 Å². The number of allylic oxidation sites excluding steroid dienone is 6. The van der Waals surface area contributed by atoms with E-state index in [9.17, 15) is 19.5 Å². The second kappa shape index (κ2) is 14.9. The molecule has 2 saturated heterocycles. The number of fused-ring (bicyclic) bond motifs is 1. The molecule has 1 aromatic rings. The highest BCUT2D eigenvalue weighted by atomic mass is 16.8. The lowest BCUT2D eigenvalue weighted by atomic mass is 10.1. The van der Waals surface area contributed by atoms with Gasteiger partial charge in [0.15, 0.2) is 12.0 Å². The van der Waals surface area contributed by atoms with E-state index in [1.807, 2.05) is 13.0 Å². The molecule has 0 aromatic carbocycles. The van der Waals surface area contributed by atoms with Gasteiger partial charge in [-0.25, -0.2) is 4.79 Å². The first kappa shape index (κ1) is 32.7. The van der Waals surface area contributed by atoms with Crippen LogP contribution in [0.4, 0.5) is 0 Å². The number of carbonyl (C=O) groups excluding carboxylic acids is 1. The van der Waals surface area contributed by atoms with Crippen LogP contribution in [-0.2, 0) is 30.3 Å². The lowest BCUT2D eigenvalue weighted by Crippen LogP contribution is -2.44. The van der Waals surface area contributed by atoms with Gasteiger partial charge in [0.25, 0.3) is 5.56 Å². The monoisotopic (exact) mass is 575 g/mol. The van der Waals surface area contributed by atoms with Gasteiger partial charge in [0.1, 0.15) is 24.5 Å². The Morgan fingerprint density at radius 3 is 2.37 bits per heavy atom. The number of nitrogens with zero attached hydrogens (tertiary/aromatic N) is 3. The molecule has 0 saturated carbocycles. The third kappa shape index (κ3) is 8.81. The second-order valence-electron chi connectivity index (χ2n) is 11.1. The fraction of sp³-hybridized carbons (Fsp3) is 0.667. The van der Waals surface area contributed by atoms with Gasteiger partial charge in [-0.2, -0.15) is 9.78 Å². The summed E-state index contributed by atoms with van der Waals surface area (Å²) < 4.78 is 25.3. The van der Waals surface area contributed by atoms with Crippen LogP contribution in [0.25, 0.3) is 0 Å². The van der Waals surface area contributed by atoms with E-state index in [2.05, 4.69) is 38.0 Å². The van der Waals surface area contributed by atoms with Crippen LogP contribution in [0.3, 0.4) is 0 Å². The number of aromatic nitrogens is 3. The molecule has 0 aliphatic carbocycles. The molecular weight excluding hydrogens is 530 g/mol. The number of aliphatic hydroxyl groups is 1. The molecule has 0 amide bonds. The normalized spacial score (nSPS) is 26.2. The number of ether oxygens (including phenoxy) is 4. The third-order valence-electron chi connectivity index (χ3n) is 7.30. The lowest BCUT2D eigenvalue weighted by molar-refractivity contribution is -0.216. The number of hydrogen-bond acceptors (Lipinski definition) is 9. The number of aliphatic hydroxyl groups excluding tert-OH is 1. The molecule has 2 aliphatic rings. The smallest absolute Gasteiger partial charge is 0.350 e. The van der Waals surface area contributed by atoms with Crippen LogP contribution in [-0.4, -0.2) is 62.7 Å². The Morgan fingerprint density at radius 2 is 1.71 bits per heavy atom. The van der Waals surface area contributed by atoms with Crippen molar-refractivity contribution in [3.05, 3.63) is 62.0 Å². The van der Waals surface area contributed by atoms with Gasteiger partial charge in [0, 0.05) is 13.0 Å². The molecule has 228 valence electrons. The molecule has 5 atom stereocenters. The molecule has 3 heterocycles. The summed E-state index contributed by atoms with van der Waals surface area (Å²) in [6.07, 6.45) is 8.22. The molecule has 11 heteroatoms. The van der Waals surface area contributed by atoms with Crippen molar-refractivity contribution in [2.75, 3.05) is 13.2 Å². The largest absolute Gasteiger partial charge is 0.466 e. The van der Waals surface area contributed by atoms with Crippen molar-refractivity contribution >= 4 is 5.97 Å². The molecular formula is C30H45N3O8. The molecule has 1 N–H and O–H groups in total. The van der Waals surface area contributed by atoms with Crippen LogP contribution in [0.2, 0.25) is 0 Å². The molecule has 0 bridgehead atoms. The van der Waals surface area contributed by atoms with Crippen LogP contribution in [0, 0.1) is 0 Å². The predicted molar refractivity (Wildman–Crippen MR) is 153 cm³/mol. The molecule has 11 nitrogen and oxygen atoms in total. The minimum Gasteiger partial charge on any atom is -0.466 e. The van der Waals surface area contributed by atoms with E-state index in [1.54, 1.807) is 13.8 Å². The molecule has 1 aromatic heterocycles. The standard InChI is InChI=1S/C30H45N3O8/c1-7-38-25(36)14-16-30(6)40-26-23(19-34)39-28(27(26)41-30)33-29(37)32(24(35)18-31-33)17-15-22(5)13-9-12-21(4)11-8-10-20(2)3/h10,12,15,18,23,26-28,34H,7-9,11,13-14,16-17,19H2,1-6H3/b21-12+,22-15+/t23-,26+,27+,28?,30-/m1/s1. The van der Waals surface area contributed by atoms with E-state index in [0.717, 1.165) is 46.7 Å². The fourth-order valence-corrected chi connectivity index (χ4v) is 4.98. The maximum atomic E-state index is 13.4. The van der Waals surface area contributed by atoms with Crippen molar-refractivity contribution in [2.24, 2.45) is 0 Å². The van der Waals surface area contributed by atoms with Crippen molar-refractivity contribution in [2.45, 2.75) is 117 Å². The number of carbonyl (C=O) groups is 1. The van der Waals surface area contributed by atoms with Gasteiger partial charge in [-0.1, -0.05) is 34.9 Å². The Labute approximate surface area is 241 Å². The Bertz CT molecular complexity index is 1260. The third-order valence-corrected chi connectivity index (χ3v) is 7.30. The molecule has 41 heavy (non-hydrogen) atoms. The quantitative estimate of drug-likeness (QED) is 0.261. The van der Waals surface area contributed by atoms with Gasteiger partial charge in [-0.05, 0) is 67.2 Å². The number of hydrogen-bond donors (Lipinski definition) is 1. The number of rotatable bonds is 14. The van der Waals surface area contributed by atoms with E-state index >= 15 is 0 Å². The first-order chi connectivity index (χ1) is 19.5. The van der Waals surface area contributed by atoms with Crippen LogP contribution < -0.4 is 11.2 Å². The summed E-state index contributed by atoms with van der Waals surface area (Å²) >= 11 is 0. The van der Waals surface area contributed by atoms with Crippen molar-refractivity contribution < 1.29 is 28.8 Å². The summed E-state index contributed by atoms with van der Waals surface area (Å²) in [5.41, 5.74) is 2.55. The zero-order valence-corrected chi connectivity index (χ0v) is 25.1. The summed E-state index contributed by atoms with van der Waals surface area (Å²) in [5, 5.41) is 14.0.